The summed E-state index contributed by atoms with van der Waals surface area (Å²) in [5.74, 6) is -0.189. The van der Waals surface area contributed by atoms with Gasteiger partial charge in [0, 0.05) is 61.1 Å². The van der Waals surface area contributed by atoms with Crippen LogP contribution in [0.3, 0.4) is 0 Å². The van der Waals surface area contributed by atoms with Gasteiger partial charge in [0.1, 0.15) is 0 Å². The van der Waals surface area contributed by atoms with E-state index in [-0.39, 0.29) is 5.91 Å². The number of amides is 1. The number of morpholine rings is 1. The molecule has 3 heterocycles. The van der Waals surface area contributed by atoms with Crippen LogP contribution >= 0.6 is 0 Å². The van der Waals surface area contributed by atoms with E-state index in [4.69, 9.17) is 4.74 Å². The Balaban J connectivity index is 1.21. The molecule has 0 spiro atoms. The summed E-state index contributed by atoms with van der Waals surface area (Å²) >= 11 is 0. The van der Waals surface area contributed by atoms with Crippen molar-refractivity contribution in [3.63, 3.8) is 0 Å². The van der Waals surface area contributed by atoms with Gasteiger partial charge in [0.15, 0.2) is 0 Å². The minimum Gasteiger partial charge on any atom is -0.379 e. The molecular formula is C29H29N5O2. The van der Waals surface area contributed by atoms with Crippen LogP contribution in [0.2, 0.25) is 0 Å². The summed E-state index contributed by atoms with van der Waals surface area (Å²) in [4.78, 5) is 19.2. The Morgan fingerprint density at radius 1 is 0.944 bits per heavy atom. The average molecular weight is 480 g/mol. The fourth-order valence-electron chi connectivity index (χ4n) is 4.22. The molecule has 7 nitrogen and oxygen atoms in total. The first-order valence-electron chi connectivity index (χ1n) is 12.1. The van der Waals surface area contributed by atoms with Crippen molar-refractivity contribution in [3.8, 4) is 11.1 Å². The van der Waals surface area contributed by atoms with Gasteiger partial charge >= 0.3 is 0 Å². The Morgan fingerprint density at radius 3 is 2.53 bits per heavy atom. The Labute approximate surface area is 211 Å². The number of pyridine rings is 1. The molecule has 4 aromatic rings. The van der Waals surface area contributed by atoms with Gasteiger partial charge in [-0.3, -0.25) is 19.4 Å². The molecule has 0 bridgehead atoms. The van der Waals surface area contributed by atoms with Crippen molar-refractivity contribution in [1.29, 1.82) is 0 Å². The summed E-state index contributed by atoms with van der Waals surface area (Å²) in [5.41, 5.74) is 5.98. The Bertz CT molecular complexity index is 1310. The number of hydrogen-bond acceptors (Lipinski definition) is 5. The van der Waals surface area contributed by atoms with Gasteiger partial charge in [0.25, 0.3) is 0 Å². The topological polar surface area (TPSA) is 72.3 Å². The second-order valence-electron chi connectivity index (χ2n) is 8.78. The molecule has 2 aromatic carbocycles. The number of carbonyl (C=O) groups is 1. The average Bonchev–Trinajstić information content (AvgIpc) is 3.38. The van der Waals surface area contributed by atoms with E-state index in [2.05, 4.69) is 44.6 Å². The van der Waals surface area contributed by atoms with Gasteiger partial charge in [-0.25, -0.2) is 0 Å². The van der Waals surface area contributed by atoms with Crippen LogP contribution in [0.25, 0.3) is 17.2 Å². The summed E-state index contributed by atoms with van der Waals surface area (Å²) < 4.78 is 7.32. The molecular weight excluding hydrogens is 450 g/mol. The molecule has 2 aromatic heterocycles. The molecule has 1 N–H and O–H groups in total. The van der Waals surface area contributed by atoms with E-state index >= 15 is 0 Å². The smallest absolute Gasteiger partial charge is 0.248 e. The molecule has 1 amide bonds. The number of ether oxygens (including phenoxy) is 1. The van der Waals surface area contributed by atoms with Crippen molar-refractivity contribution in [1.82, 2.24) is 19.7 Å². The number of carbonyl (C=O) groups excluding carboxylic acids is 1. The first-order valence-corrected chi connectivity index (χ1v) is 12.1. The fourth-order valence-corrected chi connectivity index (χ4v) is 4.22. The molecule has 0 aliphatic carbocycles. The number of nitrogens with zero attached hydrogens (tertiary/aromatic N) is 4. The van der Waals surface area contributed by atoms with E-state index < -0.39 is 0 Å². The summed E-state index contributed by atoms with van der Waals surface area (Å²) in [5, 5.41) is 7.45. The Hall–Kier alpha value is -4.07. The van der Waals surface area contributed by atoms with Crippen LogP contribution in [-0.4, -0.2) is 51.9 Å². The first kappa shape index (κ1) is 23.7. The van der Waals surface area contributed by atoms with Gasteiger partial charge < -0.3 is 10.1 Å². The predicted molar refractivity (Wildman–Crippen MR) is 141 cm³/mol. The SMILES string of the molecule is O=C(C=Cc1cnccc1-c1cnn(Cc2ccccc2)c1)Nc1ccc(CN2CCOCC2)cc1. The van der Waals surface area contributed by atoms with Crippen molar-refractivity contribution in [3.05, 3.63) is 108 Å². The molecule has 1 saturated heterocycles. The number of nitrogens with one attached hydrogen (secondary N) is 1. The highest BCUT2D eigenvalue weighted by Crippen LogP contribution is 2.24. The maximum absolute atomic E-state index is 12.6. The minimum absolute atomic E-state index is 0.189. The van der Waals surface area contributed by atoms with Crippen LogP contribution in [0.4, 0.5) is 5.69 Å². The molecule has 182 valence electrons. The molecule has 0 radical (unpaired) electrons. The summed E-state index contributed by atoms with van der Waals surface area (Å²) in [6.07, 6.45) is 10.7. The number of anilines is 1. The van der Waals surface area contributed by atoms with Crippen molar-refractivity contribution >= 4 is 17.7 Å². The minimum atomic E-state index is -0.189. The highest BCUT2D eigenvalue weighted by Gasteiger charge is 2.11. The van der Waals surface area contributed by atoms with E-state index in [1.54, 1.807) is 18.5 Å². The third-order valence-electron chi connectivity index (χ3n) is 6.13. The largest absolute Gasteiger partial charge is 0.379 e. The summed E-state index contributed by atoms with van der Waals surface area (Å²) in [6.45, 7) is 5.07. The molecule has 7 heteroatoms. The molecule has 36 heavy (non-hydrogen) atoms. The third-order valence-corrected chi connectivity index (χ3v) is 6.13. The Morgan fingerprint density at radius 2 is 1.72 bits per heavy atom. The lowest BCUT2D eigenvalue weighted by Gasteiger charge is -2.26. The van der Waals surface area contributed by atoms with Crippen LogP contribution in [0.15, 0.2) is 91.5 Å². The lowest BCUT2D eigenvalue weighted by Crippen LogP contribution is -2.35. The van der Waals surface area contributed by atoms with Crippen LogP contribution in [-0.2, 0) is 22.6 Å². The van der Waals surface area contributed by atoms with Gasteiger partial charge in [0.05, 0.1) is 26.0 Å². The standard InChI is InChI=1S/C29H29N5O2/c35-29(32-27-9-6-24(7-10-27)20-33-14-16-36-17-15-33)11-8-25-18-30-13-12-28(25)26-19-31-34(22-26)21-23-4-2-1-3-5-23/h1-13,18-19,22H,14-17,20-21H2,(H,32,35). The predicted octanol–water partition coefficient (Wildman–Crippen LogP) is 4.48. The lowest BCUT2D eigenvalue weighted by atomic mass is 10.0. The zero-order valence-electron chi connectivity index (χ0n) is 20.1. The molecule has 0 saturated carbocycles. The normalized spacial score (nSPS) is 14.2. The molecule has 0 unspecified atom stereocenters. The van der Waals surface area contributed by atoms with E-state index in [0.29, 0.717) is 6.54 Å². The second kappa shape index (κ2) is 11.6. The van der Waals surface area contributed by atoms with E-state index in [1.807, 2.05) is 53.5 Å². The van der Waals surface area contributed by atoms with Crippen LogP contribution < -0.4 is 5.32 Å². The van der Waals surface area contributed by atoms with Gasteiger partial charge in [0.2, 0.25) is 5.91 Å². The van der Waals surface area contributed by atoms with Crippen molar-refractivity contribution in [2.75, 3.05) is 31.6 Å². The molecule has 1 aliphatic rings. The fraction of sp³-hybridized carbons (Fsp3) is 0.207. The van der Waals surface area contributed by atoms with Crippen LogP contribution in [0.5, 0.6) is 0 Å². The Kier molecular flexibility index (Phi) is 7.61. The number of benzene rings is 2. The molecule has 5 rings (SSSR count). The quantitative estimate of drug-likeness (QED) is 0.378. The zero-order chi connectivity index (χ0) is 24.6. The number of rotatable bonds is 8. The first-order chi connectivity index (χ1) is 17.7. The van der Waals surface area contributed by atoms with Gasteiger partial charge in [-0.05, 0) is 41.0 Å². The summed E-state index contributed by atoms with van der Waals surface area (Å²) in [7, 11) is 0. The highest BCUT2D eigenvalue weighted by molar-refractivity contribution is 6.02. The van der Waals surface area contributed by atoms with Crippen LogP contribution in [0.1, 0.15) is 16.7 Å². The zero-order valence-corrected chi connectivity index (χ0v) is 20.1. The lowest BCUT2D eigenvalue weighted by molar-refractivity contribution is -0.111. The number of hydrogen-bond donors (Lipinski definition) is 1. The molecule has 1 fully saturated rings. The van der Waals surface area contributed by atoms with Crippen molar-refractivity contribution in [2.45, 2.75) is 13.1 Å². The summed E-state index contributed by atoms with van der Waals surface area (Å²) in [6, 6.07) is 20.2. The maximum atomic E-state index is 12.6. The van der Waals surface area contributed by atoms with E-state index in [9.17, 15) is 4.79 Å². The van der Waals surface area contributed by atoms with Crippen molar-refractivity contribution < 1.29 is 9.53 Å². The molecule has 0 atom stereocenters. The molecule has 1 aliphatic heterocycles. The van der Waals surface area contributed by atoms with E-state index in [0.717, 1.165) is 55.2 Å². The third kappa shape index (κ3) is 6.33. The number of aromatic nitrogens is 3. The highest BCUT2D eigenvalue weighted by atomic mass is 16.5. The second-order valence-corrected chi connectivity index (χ2v) is 8.78. The van der Waals surface area contributed by atoms with Crippen LogP contribution in [0, 0.1) is 0 Å². The van der Waals surface area contributed by atoms with Crippen molar-refractivity contribution in [2.24, 2.45) is 0 Å². The van der Waals surface area contributed by atoms with Gasteiger partial charge in [-0.1, -0.05) is 42.5 Å². The van der Waals surface area contributed by atoms with Gasteiger partial charge in [-0.15, -0.1) is 0 Å². The van der Waals surface area contributed by atoms with E-state index in [1.165, 1.54) is 17.2 Å². The maximum Gasteiger partial charge on any atom is 0.248 e. The monoisotopic (exact) mass is 479 g/mol. The van der Waals surface area contributed by atoms with Gasteiger partial charge in [-0.2, -0.15) is 5.10 Å².